The van der Waals surface area contributed by atoms with Crippen molar-refractivity contribution in [1.82, 2.24) is 24.8 Å². The van der Waals surface area contributed by atoms with Crippen LogP contribution in [0.15, 0.2) is 33.0 Å². The SMILES string of the molecule is Cc1nc(CNC2CCN(CCn3c(=O)ccc4ncc(F)cc43)CC2)sc1Br. The van der Waals surface area contributed by atoms with Gasteiger partial charge in [-0.3, -0.25) is 9.78 Å². The van der Waals surface area contributed by atoms with Crippen molar-refractivity contribution in [1.29, 1.82) is 0 Å². The van der Waals surface area contributed by atoms with Gasteiger partial charge in [0.05, 0.1) is 26.7 Å². The number of aryl methyl sites for hydroxylation is 1. The maximum absolute atomic E-state index is 13.6. The zero-order valence-electron chi connectivity index (χ0n) is 16.2. The molecule has 0 aromatic carbocycles. The number of thiazole rings is 1. The van der Waals surface area contributed by atoms with Crippen LogP contribution in [-0.2, 0) is 13.1 Å². The third-order valence-electron chi connectivity index (χ3n) is 5.36. The summed E-state index contributed by atoms with van der Waals surface area (Å²) in [6, 6.07) is 5.02. The summed E-state index contributed by atoms with van der Waals surface area (Å²) in [7, 11) is 0. The molecule has 3 aromatic heterocycles. The van der Waals surface area contributed by atoms with E-state index in [1.165, 1.54) is 18.3 Å². The molecule has 0 radical (unpaired) electrons. The van der Waals surface area contributed by atoms with Crippen LogP contribution in [0.1, 0.15) is 23.5 Å². The van der Waals surface area contributed by atoms with E-state index in [1.54, 1.807) is 22.0 Å². The zero-order valence-corrected chi connectivity index (χ0v) is 18.6. The first kappa shape index (κ1) is 20.6. The number of piperidine rings is 1. The summed E-state index contributed by atoms with van der Waals surface area (Å²) in [5.41, 5.74) is 2.11. The molecule has 1 fully saturated rings. The monoisotopic (exact) mass is 479 g/mol. The van der Waals surface area contributed by atoms with E-state index < -0.39 is 5.82 Å². The smallest absolute Gasteiger partial charge is 0.251 e. The van der Waals surface area contributed by atoms with Crippen LogP contribution < -0.4 is 10.9 Å². The van der Waals surface area contributed by atoms with Crippen LogP contribution in [0.5, 0.6) is 0 Å². The van der Waals surface area contributed by atoms with E-state index in [-0.39, 0.29) is 5.56 Å². The molecule has 1 saturated heterocycles. The molecular formula is C20H23BrFN5OS. The van der Waals surface area contributed by atoms with Crippen molar-refractivity contribution >= 4 is 38.3 Å². The van der Waals surface area contributed by atoms with Crippen LogP contribution in [0.4, 0.5) is 4.39 Å². The summed E-state index contributed by atoms with van der Waals surface area (Å²) >= 11 is 5.20. The summed E-state index contributed by atoms with van der Waals surface area (Å²) in [6.07, 6.45) is 3.30. The van der Waals surface area contributed by atoms with Gasteiger partial charge in [-0.1, -0.05) is 0 Å². The van der Waals surface area contributed by atoms with Crippen molar-refractivity contribution in [2.45, 2.75) is 38.9 Å². The van der Waals surface area contributed by atoms with Gasteiger partial charge < -0.3 is 14.8 Å². The molecule has 9 heteroatoms. The number of pyridine rings is 2. The van der Waals surface area contributed by atoms with E-state index in [2.05, 4.69) is 36.1 Å². The molecule has 0 saturated carbocycles. The predicted molar refractivity (Wildman–Crippen MR) is 117 cm³/mol. The molecule has 6 nitrogen and oxygen atoms in total. The first-order chi connectivity index (χ1) is 14.0. The van der Waals surface area contributed by atoms with Crippen LogP contribution in [0.3, 0.4) is 0 Å². The van der Waals surface area contributed by atoms with Gasteiger partial charge in [0, 0.05) is 37.8 Å². The van der Waals surface area contributed by atoms with Gasteiger partial charge in [-0.15, -0.1) is 11.3 Å². The Hall–Kier alpha value is -1.68. The molecule has 29 heavy (non-hydrogen) atoms. The lowest BCUT2D eigenvalue weighted by Gasteiger charge is -2.32. The lowest BCUT2D eigenvalue weighted by Crippen LogP contribution is -2.43. The molecule has 1 N–H and O–H groups in total. The largest absolute Gasteiger partial charge is 0.308 e. The second kappa shape index (κ2) is 8.99. The molecule has 1 aliphatic rings. The Morgan fingerprint density at radius 1 is 1.31 bits per heavy atom. The lowest BCUT2D eigenvalue weighted by molar-refractivity contribution is 0.191. The van der Waals surface area contributed by atoms with E-state index in [1.807, 2.05) is 6.92 Å². The maximum Gasteiger partial charge on any atom is 0.251 e. The number of hydrogen-bond acceptors (Lipinski definition) is 6. The number of likely N-dealkylation sites (tertiary alicyclic amines) is 1. The van der Waals surface area contributed by atoms with E-state index in [4.69, 9.17) is 0 Å². The normalized spacial score (nSPS) is 16.0. The summed E-state index contributed by atoms with van der Waals surface area (Å²) in [4.78, 5) is 23.3. The molecule has 4 heterocycles. The molecule has 3 aromatic rings. The van der Waals surface area contributed by atoms with E-state index >= 15 is 0 Å². The second-order valence-electron chi connectivity index (χ2n) is 7.34. The molecule has 1 aliphatic heterocycles. The molecule has 0 aliphatic carbocycles. The van der Waals surface area contributed by atoms with Gasteiger partial charge in [0.25, 0.3) is 5.56 Å². The summed E-state index contributed by atoms with van der Waals surface area (Å²) in [5, 5.41) is 4.71. The zero-order chi connectivity index (χ0) is 20.4. The second-order valence-corrected chi connectivity index (χ2v) is 9.75. The highest BCUT2D eigenvalue weighted by atomic mass is 79.9. The molecule has 0 spiro atoms. The summed E-state index contributed by atoms with van der Waals surface area (Å²) in [6.45, 7) is 6.06. The van der Waals surface area contributed by atoms with Crippen molar-refractivity contribution in [3.63, 3.8) is 0 Å². The maximum atomic E-state index is 13.6. The predicted octanol–water partition coefficient (Wildman–Crippen LogP) is 3.32. The lowest BCUT2D eigenvalue weighted by atomic mass is 10.1. The Balaban J connectivity index is 1.30. The highest BCUT2D eigenvalue weighted by molar-refractivity contribution is 9.11. The number of halogens is 2. The molecule has 0 bridgehead atoms. The van der Waals surface area contributed by atoms with Crippen molar-refractivity contribution in [2.24, 2.45) is 0 Å². The van der Waals surface area contributed by atoms with Crippen molar-refractivity contribution in [3.05, 3.63) is 55.1 Å². The standard InChI is InChI=1S/C20H23BrFN5OS/c1-13-20(21)29-18(25-13)12-23-15-4-6-26(7-5-15)8-9-27-17-10-14(22)11-24-16(17)2-3-19(27)28/h2-3,10-11,15,23H,4-9,12H2,1H3. The highest BCUT2D eigenvalue weighted by Crippen LogP contribution is 2.24. The van der Waals surface area contributed by atoms with Gasteiger partial charge in [0.2, 0.25) is 0 Å². The van der Waals surface area contributed by atoms with Gasteiger partial charge >= 0.3 is 0 Å². The first-order valence-corrected chi connectivity index (χ1v) is 11.3. The van der Waals surface area contributed by atoms with E-state index in [0.717, 1.165) is 53.5 Å². The van der Waals surface area contributed by atoms with Crippen LogP contribution in [-0.4, -0.2) is 45.1 Å². The third kappa shape index (κ3) is 4.91. The Kier molecular flexibility index (Phi) is 6.38. The average Bonchev–Trinajstić information content (AvgIpc) is 3.04. The topological polar surface area (TPSA) is 63.1 Å². The number of nitrogens with zero attached hydrogens (tertiary/aromatic N) is 4. The number of aromatic nitrogens is 3. The molecule has 0 amide bonds. The molecular weight excluding hydrogens is 457 g/mol. The highest BCUT2D eigenvalue weighted by Gasteiger charge is 2.19. The Morgan fingerprint density at radius 3 is 2.83 bits per heavy atom. The minimum atomic E-state index is -0.425. The third-order valence-corrected chi connectivity index (χ3v) is 7.36. The van der Waals surface area contributed by atoms with Crippen LogP contribution in [0.25, 0.3) is 11.0 Å². The quantitative estimate of drug-likeness (QED) is 0.587. The molecule has 0 unspecified atom stereocenters. The fraction of sp³-hybridized carbons (Fsp3) is 0.450. The first-order valence-electron chi connectivity index (χ1n) is 9.72. The number of nitrogens with one attached hydrogen (secondary N) is 1. The number of hydrogen-bond donors (Lipinski definition) is 1. The average molecular weight is 480 g/mol. The van der Waals surface area contributed by atoms with Gasteiger partial charge in [-0.05, 0) is 54.9 Å². The molecule has 0 atom stereocenters. The van der Waals surface area contributed by atoms with Crippen molar-refractivity contribution in [3.8, 4) is 0 Å². The Morgan fingerprint density at radius 2 is 2.10 bits per heavy atom. The van der Waals surface area contributed by atoms with Crippen LogP contribution in [0.2, 0.25) is 0 Å². The summed E-state index contributed by atoms with van der Waals surface area (Å²) in [5.74, 6) is -0.425. The number of rotatable bonds is 6. The Bertz CT molecular complexity index is 1040. The van der Waals surface area contributed by atoms with Crippen molar-refractivity contribution in [2.75, 3.05) is 19.6 Å². The minimum absolute atomic E-state index is 0.119. The fourth-order valence-corrected chi connectivity index (χ4v) is 5.10. The number of fused-ring (bicyclic) bond motifs is 1. The van der Waals surface area contributed by atoms with Gasteiger partial charge in [0.15, 0.2) is 0 Å². The Labute approximate surface area is 180 Å². The van der Waals surface area contributed by atoms with Crippen molar-refractivity contribution < 1.29 is 4.39 Å². The van der Waals surface area contributed by atoms with E-state index in [9.17, 15) is 9.18 Å². The molecule has 4 rings (SSSR count). The van der Waals surface area contributed by atoms with Crippen LogP contribution >= 0.6 is 27.3 Å². The van der Waals surface area contributed by atoms with Gasteiger partial charge in [-0.25, -0.2) is 9.37 Å². The van der Waals surface area contributed by atoms with Crippen LogP contribution in [0, 0.1) is 12.7 Å². The summed E-state index contributed by atoms with van der Waals surface area (Å²) < 4.78 is 16.3. The van der Waals surface area contributed by atoms with E-state index in [0.29, 0.717) is 23.6 Å². The van der Waals surface area contributed by atoms with Gasteiger partial charge in [0.1, 0.15) is 10.8 Å². The molecule has 154 valence electrons. The fourth-order valence-electron chi connectivity index (χ4n) is 3.71. The van der Waals surface area contributed by atoms with Gasteiger partial charge in [-0.2, -0.15) is 0 Å². The minimum Gasteiger partial charge on any atom is -0.308 e.